The van der Waals surface area contributed by atoms with Crippen LogP contribution in [-0.2, 0) is 23.6 Å². The maximum atomic E-state index is 7.56. The fourth-order valence-corrected chi connectivity index (χ4v) is 0.971. The van der Waals surface area contributed by atoms with Crippen molar-refractivity contribution in [3.8, 4) is 0 Å². The SMILES string of the molecule is CCC(C)CC(C)C.OP(O)(O)=S.OP(O)(O)=S. The van der Waals surface area contributed by atoms with Crippen LogP contribution in [0, 0.1) is 11.8 Å². The average molecular weight is 342 g/mol. The zero-order valence-electron chi connectivity index (χ0n) is 11.0. The van der Waals surface area contributed by atoms with Gasteiger partial charge in [0.1, 0.15) is 0 Å². The van der Waals surface area contributed by atoms with Crippen molar-refractivity contribution in [1.82, 2.24) is 0 Å². The van der Waals surface area contributed by atoms with Crippen LogP contribution in [0.1, 0.15) is 40.5 Å². The summed E-state index contributed by atoms with van der Waals surface area (Å²) < 4.78 is 0. The normalized spacial score (nSPS) is 13.1. The van der Waals surface area contributed by atoms with E-state index in [4.69, 9.17) is 29.4 Å². The Hall–Kier alpha value is 1.06. The Labute approximate surface area is 119 Å². The Morgan fingerprint density at radius 2 is 1.06 bits per heavy atom. The Balaban J connectivity index is -0.000000197. The third-order valence-corrected chi connectivity index (χ3v) is 1.57. The van der Waals surface area contributed by atoms with Crippen molar-refractivity contribution in [3.63, 3.8) is 0 Å². The van der Waals surface area contributed by atoms with E-state index in [9.17, 15) is 0 Å². The van der Waals surface area contributed by atoms with E-state index in [-0.39, 0.29) is 0 Å². The number of hydrogen-bond acceptors (Lipinski definition) is 2. The highest BCUT2D eigenvalue weighted by Crippen LogP contribution is 2.26. The molecule has 0 aliphatic rings. The van der Waals surface area contributed by atoms with Crippen molar-refractivity contribution in [3.05, 3.63) is 0 Å². The summed E-state index contributed by atoms with van der Waals surface area (Å²) in [6, 6.07) is 0. The van der Waals surface area contributed by atoms with Crippen LogP contribution in [0.25, 0.3) is 0 Å². The van der Waals surface area contributed by atoms with E-state index in [1.807, 2.05) is 0 Å². The first-order valence-electron chi connectivity index (χ1n) is 5.23. The Kier molecular flexibility index (Phi) is 15.9. The molecule has 0 aromatic carbocycles. The van der Waals surface area contributed by atoms with Gasteiger partial charge in [-0.05, 0) is 41.9 Å². The van der Waals surface area contributed by atoms with Gasteiger partial charge in [0.25, 0.3) is 0 Å². The third-order valence-electron chi connectivity index (χ3n) is 1.57. The molecule has 0 saturated heterocycles. The monoisotopic (exact) mass is 342 g/mol. The molecular weight excluding hydrogens is 318 g/mol. The van der Waals surface area contributed by atoms with E-state index in [2.05, 4.69) is 51.3 Å². The lowest BCUT2D eigenvalue weighted by molar-refractivity contribution is 0.361. The van der Waals surface area contributed by atoms with Crippen molar-refractivity contribution in [1.29, 1.82) is 0 Å². The quantitative estimate of drug-likeness (QED) is 0.426. The van der Waals surface area contributed by atoms with Crippen LogP contribution in [0.3, 0.4) is 0 Å². The topological polar surface area (TPSA) is 121 Å². The molecule has 6 N–H and O–H groups in total. The average Bonchev–Trinajstić information content (AvgIpc) is 1.96. The molecule has 10 heteroatoms. The molecule has 0 fully saturated rings. The first-order valence-corrected chi connectivity index (χ1v) is 10.6. The summed E-state index contributed by atoms with van der Waals surface area (Å²) in [6.07, 6.45) is 2.72. The highest BCUT2D eigenvalue weighted by Gasteiger charge is 2.00. The van der Waals surface area contributed by atoms with Crippen molar-refractivity contribution in [2.75, 3.05) is 0 Å². The minimum Gasteiger partial charge on any atom is -0.325 e. The van der Waals surface area contributed by atoms with Crippen LogP contribution in [0.5, 0.6) is 0 Å². The first kappa shape index (κ1) is 24.1. The first-order chi connectivity index (χ1) is 7.66. The summed E-state index contributed by atoms with van der Waals surface area (Å²) in [4.78, 5) is 45.3. The van der Waals surface area contributed by atoms with Gasteiger partial charge in [-0.3, -0.25) is 0 Å². The molecule has 0 heterocycles. The van der Waals surface area contributed by atoms with Crippen LogP contribution in [-0.4, -0.2) is 29.4 Å². The van der Waals surface area contributed by atoms with Gasteiger partial charge in [-0.15, -0.1) is 0 Å². The van der Waals surface area contributed by atoms with Gasteiger partial charge >= 0.3 is 13.4 Å². The smallest absolute Gasteiger partial charge is 0.319 e. The van der Waals surface area contributed by atoms with Crippen LogP contribution >= 0.6 is 13.4 Å². The van der Waals surface area contributed by atoms with Crippen molar-refractivity contribution in [2.24, 2.45) is 11.8 Å². The van der Waals surface area contributed by atoms with Gasteiger partial charge in [0, 0.05) is 0 Å². The predicted octanol–water partition coefficient (Wildman–Crippen LogP) is 1.45. The summed E-state index contributed by atoms with van der Waals surface area (Å²) in [5, 5.41) is 0. The fraction of sp³-hybridized carbons (Fsp3) is 1.00. The third kappa shape index (κ3) is 88.3. The lowest BCUT2D eigenvalue weighted by Gasteiger charge is -2.09. The molecule has 1 unspecified atom stereocenters. The van der Waals surface area contributed by atoms with E-state index >= 15 is 0 Å². The van der Waals surface area contributed by atoms with Gasteiger partial charge in [-0.25, -0.2) is 0 Å². The number of hydrogen-bond donors (Lipinski definition) is 6. The molecule has 0 aromatic rings. The zero-order valence-corrected chi connectivity index (χ0v) is 14.4. The minimum absolute atomic E-state index is 0.880. The molecule has 6 nitrogen and oxygen atoms in total. The molecular formula is C8H24O6P2S2. The summed E-state index contributed by atoms with van der Waals surface area (Å²) in [6.45, 7) is 1.53. The minimum atomic E-state index is -3.81. The number of rotatable bonds is 3. The van der Waals surface area contributed by atoms with Crippen molar-refractivity contribution >= 4 is 37.1 Å². The predicted molar refractivity (Wildman–Crippen MR) is 80.8 cm³/mol. The Bertz CT molecular complexity index is 238. The second kappa shape index (κ2) is 11.9. The molecule has 0 bridgehead atoms. The maximum Gasteiger partial charge on any atom is 0.319 e. The van der Waals surface area contributed by atoms with Crippen molar-refractivity contribution in [2.45, 2.75) is 40.5 Å². The summed E-state index contributed by atoms with van der Waals surface area (Å²) >= 11 is 7.21. The molecule has 18 heavy (non-hydrogen) atoms. The molecule has 0 aromatic heterocycles. The van der Waals surface area contributed by atoms with Crippen LogP contribution in [0.15, 0.2) is 0 Å². The highest BCUT2D eigenvalue weighted by atomic mass is 32.5. The molecule has 1 atom stereocenters. The van der Waals surface area contributed by atoms with Crippen LogP contribution in [0.4, 0.5) is 0 Å². The zero-order chi connectivity index (χ0) is 15.6. The largest absolute Gasteiger partial charge is 0.325 e. The Morgan fingerprint density at radius 1 is 0.833 bits per heavy atom. The molecule has 0 radical (unpaired) electrons. The van der Waals surface area contributed by atoms with Crippen LogP contribution in [0.2, 0.25) is 0 Å². The molecule has 0 aliphatic heterocycles. The maximum absolute atomic E-state index is 7.56. The summed E-state index contributed by atoms with van der Waals surface area (Å²) in [5.41, 5.74) is 0. The van der Waals surface area contributed by atoms with E-state index in [1.165, 1.54) is 12.8 Å². The van der Waals surface area contributed by atoms with Gasteiger partial charge < -0.3 is 29.4 Å². The van der Waals surface area contributed by atoms with Gasteiger partial charge in [-0.2, -0.15) is 0 Å². The molecule has 0 saturated carbocycles. The van der Waals surface area contributed by atoms with Crippen molar-refractivity contribution < 1.29 is 29.4 Å². The van der Waals surface area contributed by atoms with E-state index in [0.717, 1.165) is 11.8 Å². The second-order valence-corrected chi connectivity index (χ2v) is 9.16. The second-order valence-electron chi connectivity index (χ2n) is 4.17. The fourth-order valence-electron chi connectivity index (χ4n) is 0.971. The standard InChI is InChI=1S/C8H18.2H3O3PS/c1-5-8(4)6-7(2)3;2*1-4(2,3)5/h7-8H,5-6H2,1-4H3;2*(H3,1,2,3,5). The molecule has 0 rings (SSSR count). The van der Waals surface area contributed by atoms with E-state index in [0.29, 0.717) is 0 Å². The molecule has 0 spiro atoms. The van der Waals surface area contributed by atoms with Gasteiger partial charge in [-0.1, -0.05) is 34.1 Å². The lowest BCUT2D eigenvalue weighted by atomic mass is 9.97. The van der Waals surface area contributed by atoms with Crippen LogP contribution < -0.4 is 0 Å². The van der Waals surface area contributed by atoms with Gasteiger partial charge in [0.05, 0.1) is 0 Å². The van der Waals surface area contributed by atoms with Gasteiger partial charge in [0.15, 0.2) is 0 Å². The lowest BCUT2D eigenvalue weighted by Crippen LogP contribution is -1.97. The Morgan fingerprint density at radius 3 is 1.11 bits per heavy atom. The van der Waals surface area contributed by atoms with E-state index < -0.39 is 13.4 Å². The molecule has 0 amide bonds. The molecule has 0 aliphatic carbocycles. The van der Waals surface area contributed by atoms with Gasteiger partial charge in [0.2, 0.25) is 0 Å². The summed E-state index contributed by atoms with van der Waals surface area (Å²) in [7, 11) is 0. The van der Waals surface area contributed by atoms with E-state index in [1.54, 1.807) is 0 Å². The highest BCUT2D eigenvalue weighted by molar-refractivity contribution is 8.06. The molecule has 114 valence electrons. The summed E-state index contributed by atoms with van der Waals surface area (Å²) in [5.74, 6) is 1.81.